The largest absolute Gasteiger partial charge is 0.480 e. The first kappa shape index (κ1) is 16.8. The van der Waals surface area contributed by atoms with Gasteiger partial charge in [-0.2, -0.15) is 0 Å². The van der Waals surface area contributed by atoms with Gasteiger partial charge >= 0.3 is 12.1 Å². The summed E-state index contributed by atoms with van der Waals surface area (Å²) in [7, 11) is 0. The number of hydrogen-bond donors (Lipinski definition) is 1. The third-order valence-corrected chi connectivity index (χ3v) is 3.15. The molecule has 0 aliphatic carbocycles. The standard InChI is InChI=1S/C14H25NO5/c1-9(2)19-10-7-14(6,11(16)17)15(8-10)12(18)20-13(3,4)5/h9-10H,7-8H2,1-6H3,(H,16,17)/t10-,14+/m1/s1. The number of carboxylic acid groups (broad SMARTS) is 1. The maximum absolute atomic E-state index is 12.2. The van der Waals surface area contributed by atoms with Crippen LogP contribution >= 0.6 is 0 Å². The fraction of sp³-hybridized carbons (Fsp3) is 0.857. The van der Waals surface area contributed by atoms with Gasteiger partial charge in [0.2, 0.25) is 0 Å². The first-order chi connectivity index (χ1) is 8.95. The average molecular weight is 287 g/mol. The molecule has 6 nitrogen and oxygen atoms in total. The number of likely N-dealkylation sites (tertiary alicyclic amines) is 1. The Hall–Kier alpha value is -1.30. The molecule has 0 unspecified atom stereocenters. The number of hydrogen-bond acceptors (Lipinski definition) is 4. The van der Waals surface area contributed by atoms with E-state index < -0.39 is 23.2 Å². The highest BCUT2D eigenvalue weighted by atomic mass is 16.6. The molecule has 1 amide bonds. The van der Waals surface area contributed by atoms with Crippen molar-refractivity contribution in [1.29, 1.82) is 0 Å². The zero-order chi connectivity index (χ0) is 15.7. The molecular formula is C14H25NO5. The Morgan fingerprint density at radius 1 is 1.35 bits per heavy atom. The van der Waals surface area contributed by atoms with E-state index in [1.54, 1.807) is 20.8 Å². The highest BCUT2D eigenvalue weighted by molar-refractivity contribution is 5.85. The molecule has 20 heavy (non-hydrogen) atoms. The molecular weight excluding hydrogens is 262 g/mol. The second kappa shape index (κ2) is 5.60. The van der Waals surface area contributed by atoms with Crippen molar-refractivity contribution in [3.8, 4) is 0 Å². The van der Waals surface area contributed by atoms with Gasteiger partial charge in [0, 0.05) is 6.42 Å². The lowest BCUT2D eigenvalue weighted by Crippen LogP contribution is -2.52. The first-order valence-electron chi connectivity index (χ1n) is 6.85. The zero-order valence-electron chi connectivity index (χ0n) is 13.1. The quantitative estimate of drug-likeness (QED) is 0.861. The molecule has 0 saturated carbocycles. The van der Waals surface area contributed by atoms with Crippen molar-refractivity contribution in [3.05, 3.63) is 0 Å². The van der Waals surface area contributed by atoms with E-state index in [0.717, 1.165) is 0 Å². The van der Waals surface area contributed by atoms with E-state index in [2.05, 4.69) is 0 Å². The van der Waals surface area contributed by atoms with Crippen LogP contribution in [0.2, 0.25) is 0 Å². The maximum atomic E-state index is 12.2. The molecule has 2 atom stereocenters. The Labute approximate surface area is 120 Å². The molecule has 0 aromatic carbocycles. The molecule has 0 aromatic heterocycles. The molecule has 1 fully saturated rings. The van der Waals surface area contributed by atoms with Gasteiger partial charge in [-0.05, 0) is 41.5 Å². The number of rotatable bonds is 3. The van der Waals surface area contributed by atoms with Crippen molar-refractivity contribution in [3.63, 3.8) is 0 Å². The highest BCUT2D eigenvalue weighted by Gasteiger charge is 2.52. The number of amides is 1. The lowest BCUT2D eigenvalue weighted by molar-refractivity contribution is -0.148. The van der Waals surface area contributed by atoms with Gasteiger partial charge in [-0.3, -0.25) is 4.90 Å². The van der Waals surface area contributed by atoms with Gasteiger partial charge < -0.3 is 14.6 Å². The van der Waals surface area contributed by atoms with Crippen molar-refractivity contribution < 1.29 is 24.2 Å². The Morgan fingerprint density at radius 2 is 1.90 bits per heavy atom. The molecule has 1 saturated heterocycles. The number of nitrogens with zero attached hydrogens (tertiary/aromatic N) is 1. The second-order valence-electron chi connectivity index (χ2n) is 6.68. The molecule has 1 aliphatic rings. The van der Waals surface area contributed by atoms with E-state index in [1.807, 2.05) is 13.8 Å². The fourth-order valence-electron chi connectivity index (χ4n) is 2.30. The minimum Gasteiger partial charge on any atom is -0.480 e. The van der Waals surface area contributed by atoms with Gasteiger partial charge in [0.1, 0.15) is 11.1 Å². The summed E-state index contributed by atoms with van der Waals surface area (Å²) in [5.41, 5.74) is -1.95. The summed E-state index contributed by atoms with van der Waals surface area (Å²) in [5.74, 6) is -1.04. The third-order valence-electron chi connectivity index (χ3n) is 3.15. The Morgan fingerprint density at radius 3 is 2.30 bits per heavy atom. The molecule has 0 spiro atoms. The van der Waals surface area contributed by atoms with E-state index in [4.69, 9.17) is 9.47 Å². The summed E-state index contributed by atoms with van der Waals surface area (Å²) < 4.78 is 10.9. The summed E-state index contributed by atoms with van der Waals surface area (Å²) in [6.45, 7) is 10.8. The van der Waals surface area contributed by atoms with Gasteiger partial charge in [-0.15, -0.1) is 0 Å². The van der Waals surface area contributed by atoms with Crippen LogP contribution < -0.4 is 0 Å². The van der Waals surface area contributed by atoms with E-state index in [0.29, 0.717) is 0 Å². The maximum Gasteiger partial charge on any atom is 0.411 e. The Bertz CT molecular complexity index is 388. The number of aliphatic carboxylic acids is 1. The van der Waals surface area contributed by atoms with Gasteiger partial charge in [-0.25, -0.2) is 9.59 Å². The minimum absolute atomic E-state index is 0.0170. The normalized spacial score (nSPS) is 26.9. The lowest BCUT2D eigenvalue weighted by Gasteiger charge is -2.32. The summed E-state index contributed by atoms with van der Waals surface area (Å²) in [5, 5.41) is 9.44. The van der Waals surface area contributed by atoms with Crippen LogP contribution in [0.5, 0.6) is 0 Å². The fourth-order valence-corrected chi connectivity index (χ4v) is 2.30. The zero-order valence-corrected chi connectivity index (χ0v) is 13.1. The van der Waals surface area contributed by atoms with Crippen molar-refractivity contribution in [2.45, 2.75) is 71.3 Å². The molecule has 6 heteroatoms. The molecule has 1 heterocycles. The van der Waals surface area contributed by atoms with Crippen LogP contribution in [-0.4, -0.2) is 52.0 Å². The Balaban J connectivity index is 2.91. The topological polar surface area (TPSA) is 76.1 Å². The van der Waals surface area contributed by atoms with Gasteiger partial charge in [-0.1, -0.05) is 0 Å². The van der Waals surface area contributed by atoms with Crippen molar-refractivity contribution in [1.82, 2.24) is 4.90 Å². The predicted octanol–water partition coefficient (Wildman–Crippen LogP) is 2.26. The molecule has 1 aliphatic heterocycles. The van der Waals surface area contributed by atoms with Crippen LogP contribution in [0.4, 0.5) is 4.79 Å². The summed E-state index contributed by atoms with van der Waals surface area (Å²) in [4.78, 5) is 25.0. The monoisotopic (exact) mass is 287 g/mol. The second-order valence-corrected chi connectivity index (χ2v) is 6.68. The van der Waals surface area contributed by atoms with Crippen LogP contribution in [0, 0.1) is 0 Å². The molecule has 116 valence electrons. The van der Waals surface area contributed by atoms with Gasteiger partial charge in [0.25, 0.3) is 0 Å². The van der Waals surface area contributed by atoms with E-state index >= 15 is 0 Å². The van der Waals surface area contributed by atoms with Crippen LogP contribution in [-0.2, 0) is 14.3 Å². The highest BCUT2D eigenvalue weighted by Crippen LogP contribution is 2.33. The molecule has 0 radical (unpaired) electrons. The van der Waals surface area contributed by atoms with Crippen LogP contribution in [0.15, 0.2) is 0 Å². The summed E-state index contributed by atoms with van der Waals surface area (Å²) in [6.07, 6.45) is -0.655. The van der Waals surface area contributed by atoms with Crippen LogP contribution in [0.3, 0.4) is 0 Å². The lowest BCUT2D eigenvalue weighted by atomic mass is 9.98. The predicted molar refractivity (Wildman–Crippen MR) is 73.6 cm³/mol. The van der Waals surface area contributed by atoms with Gasteiger partial charge in [0.15, 0.2) is 0 Å². The van der Waals surface area contributed by atoms with Gasteiger partial charge in [0.05, 0.1) is 18.8 Å². The SMILES string of the molecule is CC(C)O[C@H]1CN(C(=O)OC(C)(C)C)[C@](C)(C(=O)O)C1. The summed E-state index contributed by atoms with van der Waals surface area (Å²) >= 11 is 0. The van der Waals surface area contributed by atoms with E-state index in [1.165, 1.54) is 11.8 Å². The minimum atomic E-state index is -1.29. The smallest absolute Gasteiger partial charge is 0.411 e. The number of carbonyl (C=O) groups excluding carboxylic acids is 1. The molecule has 1 N–H and O–H groups in total. The van der Waals surface area contributed by atoms with Crippen molar-refractivity contribution in [2.24, 2.45) is 0 Å². The molecule has 1 rings (SSSR count). The Kier molecular flexibility index (Phi) is 4.69. The van der Waals surface area contributed by atoms with E-state index in [9.17, 15) is 14.7 Å². The van der Waals surface area contributed by atoms with Crippen molar-refractivity contribution >= 4 is 12.1 Å². The first-order valence-corrected chi connectivity index (χ1v) is 6.85. The number of carbonyl (C=O) groups is 2. The van der Waals surface area contributed by atoms with Crippen LogP contribution in [0.1, 0.15) is 48.0 Å². The molecule has 0 aromatic rings. The van der Waals surface area contributed by atoms with E-state index in [-0.39, 0.29) is 25.2 Å². The number of carboxylic acids is 1. The van der Waals surface area contributed by atoms with Crippen molar-refractivity contribution in [2.75, 3.05) is 6.54 Å². The third kappa shape index (κ3) is 3.85. The molecule has 0 bridgehead atoms. The average Bonchev–Trinajstić information content (AvgIpc) is 2.53. The number of ether oxygens (including phenoxy) is 2. The van der Waals surface area contributed by atoms with Crippen LogP contribution in [0.25, 0.3) is 0 Å². The summed E-state index contributed by atoms with van der Waals surface area (Å²) in [6, 6.07) is 0.